The fourth-order valence-corrected chi connectivity index (χ4v) is 4.20. The molecule has 0 spiro atoms. The number of aryl methyl sites for hydroxylation is 2. The largest absolute Gasteiger partial charge is 0.468 e. The summed E-state index contributed by atoms with van der Waals surface area (Å²) in [5.41, 5.74) is 3.29. The van der Waals surface area contributed by atoms with Gasteiger partial charge in [-0.25, -0.2) is 9.36 Å². The highest BCUT2D eigenvalue weighted by Gasteiger charge is 2.32. The van der Waals surface area contributed by atoms with Gasteiger partial charge in [0.25, 0.3) is 11.1 Å². The Kier molecular flexibility index (Phi) is 4.78. The predicted molar refractivity (Wildman–Crippen MR) is 122 cm³/mol. The molecule has 0 saturated heterocycles. The average molecular weight is 426 g/mol. The summed E-state index contributed by atoms with van der Waals surface area (Å²) in [4.78, 5) is 27.1. The number of aromatic nitrogens is 4. The lowest BCUT2D eigenvalue weighted by molar-refractivity contribution is 0.501. The molecule has 160 valence electrons. The lowest BCUT2D eigenvalue weighted by Gasteiger charge is -2.12. The lowest BCUT2D eigenvalue weighted by Crippen LogP contribution is -2.25. The van der Waals surface area contributed by atoms with Gasteiger partial charge in [0.1, 0.15) is 5.76 Å². The normalized spacial score (nSPS) is 11.3. The zero-order valence-electron chi connectivity index (χ0n) is 17.7. The van der Waals surface area contributed by atoms with Gasteiger partial charge in [0.05, 0.1) is 34.7 Å². The van der Waals surface area contributed by atoms with Crippen LogP contribution in [0, 0.1) is 13.8 Å². The number of nitrogens with one attached hydrogen (secondary N) is 2. The van der Waals surface area contributed by atoms with Crippen LogP contribution in [0.1, 0.15) is 34.2 Å². The summed E-state index contributed by atoms with van der Waals surface area (Å²) in [6, 6.07) is 22.2. The van der Waals surface area contributed by atoms with Crippen LogP contribution in [-0.4, -0.2) is 19.6 Å². The van der Waals surface area contributed by atoms with Crippen LogP contribution in [0.2, 0.25) is 0 Å². The Morgan fingerprint density at radius 3 is 1.56 bits per heavy atom. The Balaban J connectivity index is 1.75. The zero-order chi connectivity index (χ0) is 22.2. The zero-order valence-corrected chi connectivity index (χ0v) is 17.7. The van der Waals surface area contributed by atoms with Crippen molar-refractivity contribution in [3.05, 3.63) is 128 Å². The number of hydrogen-bond donors (Lipinski definition) is 2. The number of para-hydroxylation sites is 2. The quantitative estimate of drug-likeness (QED) is 0.445. The van der Waals surface area contributed by atoms with E-state index in [1.165, 1.54) is 9.36 Å². The summed E-state index contributed by atoms with van der Waals surface area (Å²) in [6.45, 7) is 3.67. The molecule has 5 aromatic rings. The summed E-state index contributed by atoms with van der Waals surface area (Å²) in [6.07, 6.45) is 1.55. The van der Waals surface area contributed by atoms with E-state index in [2.05, 4.69) is 10.2 Å². The maximum Gasteiger partial charge on any atom is 0.275 e. The van der Waals surface area contributed by atoms with Crippen molar-refractivity contribution >= 4 is 0 Å². The molecule has 7 nitrogen and oxygen atoms in total. The molecule has 0 bridgehead atoms. The number of H-pyrrole nitrogens is 2. The van der Waals surface area contributed by atoms with Crippen LogP contribution < -0.4 is 11.1 Å². The monoisotopic (exact) mass is 426 g/mol. The highest BCUT2D eigenvalue weighted by molar-refractivity contribution is 5.45. The molecule has 7 heteroatoms. The van der Waals surface area contributed by atoms with Gasteiger partial charge < -0.3 is 4.42 Å². The van der Waals surface area contributed by atoms with Crippen molar-refractivity contribution in [3.8, 4) is 11.4 Å². The van der Waals surface area contributed by atoms with Crippen LogP contribution >= 0.6 is 0 Å². The van der Waals surface area contributed by atoms with E-state index < -0.39 is 5.92 Å². The van der Waals surface area contributed by atoms with Crippen LogP contribution in [0.4, 0.5) is 0 Å². The third-order valence-corrected chi connectivity index (χ3v) is 5.67. The molecule has 5 rings (SSSR count). The molecule has 0 aliphatic heterocycles. The molecule has 2 aromatic carbocycles. The Hall–Kier alpha value is -4.26. The maximum atomic E-state index is 13.6. The fraction of sp³-hybridized carbons (Fsp3) is 0.120. The Bertz CT molecular complexity index is 1370. The number of rotatable bonds is 5. The van der Waals surface area contributed by atoms with E-state index in [0.717, 1.165) is 11.4 Å². The summed E-state index contributed by atoms with van der Waals surface area (Å²) < 4.78 is 8.73. The summed E-state index contributed by atoms with van der Waals surface area (Å²) in [7, 11) is 0. The second-order valence-electron chi connectivity index (χ2n) is 7.70. The van der Waals surface area contributed by atoms with Crippen molar-refractivity contribution in [2.75, 3.05) is 0 Å². The van der Waals surface area contributed by atoms with Crippen molar-refractivity contribution in [2.45, 2.75) is 19.8 Å². The number of nitrogens with zero attached hydrogens (tertiary/aromatic N) is 2. The number of benzene rings is 2. The van der Waals surface area contributed by atoms with Crippen LogP contribution in [-0.2, 0) is 0 Å². The first-order valence-corrected chi connectivity index (χ1v) is 10.3. The van der Waals surface area contributed by atoms with Crippen molar-refractivity contribution < 1.29 is 4.42 Å². The van der Waals surface area contributed by atoms with Gasteiger partial charge in [-0.3, -0.25) is 19.8 Å². The smallest absolute Gasteiger partial charge is 0.275 e. The predicted octanol–water partition coefficient (Wildman–Crippen LogP) is 4.03. The van der Waals surface area contributed by atoms with Gasteiger partial charge >= 0.3 is 0 Å². The molecule has 0 aliphatic rings. The second-order valence-corrected chi connectivity index (χ2v) is 7.70. The van der Waals surface area contributed by atoms with E-state index in [-0.39, 0.29) is 11.1 Å². The van der Waals surface area contributed by atoms with E-state index in [4.69, 9.17) is 4.42 Å². The van der Waals surface area contributed by atoms with Gasteiger partial charge in [0.15, 0.2) is 0 Å². The van der Waals surface area contributed by atoms with E-state index in [0.29, 0.717) is 28.3 Å². The molecule has 0 amide bonds. The molecule has 2 N–H and O–H groups in total. The SMILES string of the molecule is Cc1[nH]n(-c2ccccc2)c(=O)c1C(c1ccco1)c1c(C)[nH]n(-c2ccccc2)c1=O. The van der Waals surface area contributed by atoms with Gasteiger partial charge in [-0.05, 0) is 50.2 Å². The van der Waals surface area contributed by atoms with E-state index in [9.17, 15) is 9.59 Å². The second kappa shape index (κ2) is 7.77. The minimum absolute atomic E-state index is 0.221. The number of aromatic amines is 2. The van der Waals surface area contributed by atoms with Crippen molar-refractivity contribution in [3.63, 3.8) is 0 Å². The van der Waals surface area contributed by atoms with Crippen LogP contribution in [0.5, 0.6) is 0 Å². The van der Waals surface area contributed by atoms with Gasteiger partial charge in [0.2, 0.25) is 0 Å². The highest BCUT2D eigenvalue weighted by Crippen LogP contribution is 2.32. The summed E-state index contributed by atoms with van der Waals surface area (Å²) in [5.74, 6) is -0.128. The first-order chi connectivity index (χ1) is 15.6. The molecule has 3 aromatic heterocycles. The number of hydrogen-bond acceptors (Lipinski definition) is 3. The Morgan fingerprint density at radius 2 is 1.16 bits per heavy atom. The molecule has 3 heterocycles. The van der Waals surface area contributed by atoms with Gasteiger partial charge in [0, 0.05) is 11.4 Å². The molecular formula is C25H22N4O3. The molecule has 0 fully saturated rings. The molecule has 0 saturated carbocycles. The average Bonchev–Trinajstić information content (AvgIpc) is 3.52. The lowest BCUT2D eigenvalue weighted by atomic mass is 9.89. The van der Waals surface area contributed by atoms with Gasteiger partial charge in [-0.1, -0.05) is 36.4 Å². The molecule has 32 heavy (non-hydrogen) atoms. The van der Waals surface area contributed by atoms with E-state index in [1.54, 1.807) is 18.4 Å². The van der Waals surface area contributed by atoms with Crippen molar-refractivity contribution in [1.82, 2.24) is 19.6 Å². The molecule has 0 radical (unpaired) electrons. The van der Waals surface area contributed by atoms with Crippen LogP contribution in [0.25, 0.3) is 11.4 Å². The van der Waals surface area contributed by atoms with Crippen molar-refractivity contribution in [1.29, 1.82) is 0 Å². The number of furan rings is 1. The fourth-order valence-electron chi connectivity index (χ4n) is 4.20. The topological polar surface area (TPSA) is 88.7 Å². The molecule has 0 aliphatic carbocycles. The molecule has 0 atom stereocenters. The Labute approximate surface area is 183 Å². The summed E-state index contributed by atoms with van der Waals surface area (Å²) >= 11 is 0. The molecule has 0 unspecified atom stereocenters. The third kappa shape index (κ3) is 3.15. The standard InChI is InChI=1S/C25H22N4O3/c1-16-21(24(30)28(26-16)18-10-5-3-6-11-18)23(20-14-9-15-32-20)22-17(2)27-29(25(22)31)19-12-7-4-8-13-19/h3-15,23,26-27H,1-2H3. The van der Waals surface area contributed by atoms with Crippen LogP contribution in [0.15, 0.2) is 93.1 Å². The Morgan fingerprint density at radius 1 is 0.688 bits per heavy atom. The van der Waals surface area contributed by atoms with Gasteiger partial charge in [-0.2, -0.15) is 0 Å². The minimum atomic E-state index is -0.660. The van der Waals surface area contributed by atoms with Crippen molar-refractivity contribution in [2.24, 2.45) is 0 Å². The highest BCUT2D eigenvalue weighted by atomic mass is 16.3. The summed E-state index contributed by atoms with van der Waals surface area (Å²) in [5, 5.41) is 6.32. The van der Waals surface area contributed by atoms with E-state index >= 15 is 0 Å². The minimum Gasteiger partial charge on any atom is -0.468 e. The van der Waals surface area contributed by atoms with Gasteiger partial charge in [-0.15, -0.1) is 0 Å². The molecular weight excluding hydrogens is 404 g/mol. The first kappa shape index (κ1) is 19.7. The van der Waals surface area contributed by atoms with E-state index in [1.807, 2.05) is 74.5 Å². The van der Waals surface area contributed by atoms with Crippen LogP contribution in [0.3, 0.4) is 0 Å². The third-order valence-electron chi connectivity index (χ3n) is 5.67. The first-order valence-electron chi connectivity index (χ1n) is 10.3. The maximum absolute atomic E-state index is 13.6.